The standard InChI is InChI=1S/C13H11N3O4/c1-20-9-4-2-8(3-5-9)12(17)16-11-10(13(18)19)14-6-7-15-11/h2-7H,1H3,(H,18,19)(H,15,16,17). The third kappa shape index (κ3) is 2.89. The number of hydrogen-bond acceptors (Lipinski definition) is 5. The van der Waals surface area contributed by atoms with E-state index < -0.39 is 11.9 Å². The van der Waals surface area contributed by atoms with Crippen LogP contribution in [0.1, 0.15) is 20.8 Å². The van der Waals surface area contributed by atoms with Crippen LogP contribution in [-0.2, 0) is 0 Å². The van der Waals surface area contributed by atoms with Gasteiger partial charge < -0.3 is 15.2 Å². The van der Waals surface area contributed by atoms with Crippen molar-refractivity contribution in [2.75, 3.05) is 12.4 Å². The average Bonchev–Trinajstić information content (AvgIpc) is 2.47. The van der Waals surface area contributed by atoms with Gasteiger partial charge in [-0.05, 0) is 24.3 Å². The minimum absolute atomic E-state index is 0.0965. The molecule has 1 aromatic heterocycles. The number of aromatic nitrogens is 2. The number of carboxylic acid groups (broad SMARTS) is 1. The number of amides is 1. The van der Waals surface area contributed by atoms with Gasteiger partial charge in [-0.25, -0.2) is 14.8 Å². The number of ether oxygens (including phenoxy) is 1. The van der Waals surface area contributed by atoms with Crippen molar-refractivity contribution in [3.8, 4) is 5.75 Å². The van der Waals surface area contributed by atoms with Crippen LogP contribution in [0.2, 0.25) is 0 Å². The molecule has 2 rings (SSSR count). The summed E-state index contributed by atoms with van der Waals surface area (Å²) in [6.45, 7) is 0. The van der Waals surface area contributed by atoms with Gasteiger partial charge in [-0.3, -0.25) is 4.79 Å². The Morgan fingerprint density at radius 3 is 2.40 bits per heavy atom. The lowest BCUT2D eigenvalue weighted by atomic mass is 10.2. The molecular weight excluding hydrogens is 262 g/mol. The number of anilines is 1. The number of aromatic carboxylic acids is 1. The number of hydrogen-bond donors (Lipinski definition) is 2. The van der Waals surface area contributed by atoms with Crippen LogP contribution in [0.25, 0.3) is 0 Å². The minimum atomic E-state index is -1.26. The number of methoxy groups -OCH3 is 1. The lowest BCUT2D eigenvalue weighted by Gasteiger charge is -2.06. The van der Waals surface area contributed by atoms with Crippen molar-refractivity contribution in [3.63, 3.8) is 0 Å². The van der Waals surface area contributed by atoms with Crippen molar-refractivity contribution in [1.29, 1.82) is 0 Å². The van der Waals surface area contributed by atoms with Gasteiger partial charge in [0.2, 0.25) is 0 Å². The van der Waals surface area contributed by atoms with Crippen LogP contribution in [0.3, 0.4) is 0 Å². The summed E-state index contributed by atoms with van der Waals surface area (Å²) >= 11 is 0. The van der Waals surface area contributed by atoms with E-state index in [0.717, 1.165) is 0 Å². The normalized spacial score (nSPS) is 9.85. The number of carbonyl (C=O) groups excluding carboxylic acids is 1. The number of carbonyl (C=O) groups is 2. The first-order valence-electron chi connectivity index (χ1n) is 5.61. The van der Waals surface area contributed by atoms with E-state index in [1.807, 2.05) is 0 Å². The third-order valence-corrected chi connectivity index (χ3v) is 2.48. The zero-order chi connectivity index (χ0) is 14.5. The van der Waals surface area contributed by atoms with Crippen LogP contribution < -0.4 is 10.1 Å². The predicted octanol–water partition coefficient (Wildman–Crippen LogP) is 1.44. The molecule has 0 spiro atoms. The lowest BCUT2D eigenvalue weighted by Crippen LogP contribution is -2.16. The second-order valence-electron chi connectivity index (χ2n) is 3.74. The highest BCUT2D eigenvalue weighted by Gasteiger charge is 2.15. The third-order valence-electron chi connectivity index (χ3n) is 2.48. The lowest BCUT2D eigenvalue weighted by molar-refractivity contribution is 0.0691. The zero-order valence-corrected chi connectivity index (χ0v) is 10.5. The molecule has 1 aromatic carbocycles. The Hall–Kier alpha value is -2.96. The van der Waals surface area contributed by atoms with Gasteiger partial charge in [0.25, 0.3) is 5.91 Å². The number of nitrogens with zero attached hydrogens (tertiary/aromatic N) is 2. The summed E-state index contributed by atoms with van der Waals surface area (Å²) in [6.07, 6.45) is 2.54. The van der Waals surface area contributed by atoms with Gasteiger partial charge in [-0.2, -0.15) is 0 Å². The van der Waals surface area contributed by atoms with Crippen LogP contribution in [0, 0.1) is 0 Å². The number of carboxylic acids is 1. The largest absolute Gasteiger partial charge is 0.497 e. The second-order valence-corrected chi connectivity index (χ2v) is 3.74. The van der Waals surface area contributed by atoms with Crippen LogP contribution in [0.15, 0.2) is 36.7 Å². The van der Waals surface area contributed by atoms with Crippen LogP contribution in [0.4, 0.5) is 5.82 Å². The first-order valence-corrected chi connectivity index (χ1v) is 5.61. The van der Waals surface area contributed by atoms with Crippen molar-refractivity contribution < 1.29 is 19.4 Å². The van der Waals surface area contributed by atoms with Crippen molar-refractivity contribution >= 4 is 17.7 Å². The first kappa shape index (κ1) is 13.5. The predicted molar refractivity (Wildman–Crippen MR) is 69.9 cm³/mol. The highest BCUT2D eigenvalue weighted by molar-refractivity contribution is 6.06. The first-order chi connectivity index (χ1) is 9.61. The molecular formula is C13H11N3O4. The van der Waals surface area contributed by atoms with Gasteiger partial charge in [0.05, 0.1) is 7.11 Å². The summed E-state index contributed by atoms with van der Waals surface area (Å²) in [5.74, 6) is -1.22. The summed E-state index contributed by atoms with van der Waals surface area (Å²) < 4.78 is 4.99. The maximum absolute atomic E-state index is 12.0. The van der Waals surface area contributed by atoms with E-state index in [0.29, 0.717) is 11.3 Å². The Balaban J connectivity index is 2.21. The summed E-state index contributed by atoms with van der Waals surface area (Å²) in [5, 5.41) is 11.4. The van der Waals surface area contributed by atoms with Gasteiger partial charge in [0, 0.05) is 18.0 Å². The highest BCUT2D eigenvalue weighted by Crippen LogP contribution is 2.14. The van der Waals surface area contributed by atoms with E-state index in [-0.39, 0.29) is 11.5 Å². The van der Waals surface area contributed by atoms with Gasteiger partial charge in [0.1, 0.15) is 5.75 Å². The quantitative estimate of drug-likeness (QED) is 0.873. The van der Waals surface area contributed by atoms with Crippen molar-refractivity contribution in [2.45, 2.75) is 0 Å². The Morgan fingerprint density at radius 1 is 1.15 bits per heavy atom. The molecule has 0 unspecified atom stereocenters. The molecule has 7 heteroatoms. The fourth-order valence-corrected chi connectivity index (χ4v) is 1.51. The highest BCUT2D eigenvalue weighted by atomic mass is 16.5. The van der Waals surface area contributed by atoms with E-state index in [1.165, 1.54) is 19.5 Å². The molecule has 0 aliphatic rings. The molecule has 0 aliphatic heterocycles. The van der Waals surface area contributed by atoms with Crippen molar-refractivity contribution in [1.82, 2.24) is 9.97 Å². The molecule has 20 heavy (non-hydrogen) atoms. The van der Waals surface area contributed by atoms with E-state index in [4.69, 9.17) is 9.84 Å². The molecule has 1 heterocycles. The smallest absolute Gasteiger partial charge is 0.358 e. The molecule has 0 saturated heterocycles. The molecule has 0 saturated carbocycles. The fourth-order valence-electron chi connectivity index (χ4n) is 1.51. The maximum atomic E-state index is 12.0. The minimum Gasteiger partial charge on any atom is -0.497 e. The number of nitrogens with one attached hydrogen (secondary N) is 1. The van der Waals surface area contributed by atoms with E-state index in [1.54, 1.807) is 24.3 Å². The maximum Gasteiger partial charge on any atom is 0.358 e. The molecule has 2 N–H and O–H groups in total. The molecule has 0 bridgehead atoms. The van der Waals surface area contributed by atoms with E-state index in [9.17, 15) is 9.59 Å². The summed E-state index contributed by atoms with van der Waals surface area (Å²) in [5.41, 5.74) is 0.0437. The fraction of sp³-hybridized carbons (Fsp3) is 0.0769. The van der Waals surface area contributed by atoms with Crippen LogP contribution >= 0.6 is 0 Å². The molecule has 1 amide bonds. The second kappa shape index (κ2) is 5.79. The van der Waals surface area contributed by atoms with E-state index >= 15 is 0 Å². The van der Waals surface area contributed by atoms with Crippen LogP contribution in [0.5, 0.6) is 5.75 Å². The van der Waals surface area contributed by atoms with Crippen LogP contribution in [-0.4, -0.2) is 34.1 Å². The summed E-state index contributed by atoms with van der Waals surface area (Å²) in [6, 6.07) is 6.38. The topological polar surface area (TPSA) is 101 Å². The van der Waals surface area contributed by atoms with E-state index in [2.05, 4.69) is 15.3 Å². The molecule has 7 nitrogen and oxygen atoms in total. The summed E-state index contributed by atoms with van der Waals surface area (Å²) in [7, 11) is 1.52. The Bertz CT molecular complexity index is 640. The van der Waals surface area contributed by atoms with Gasteiger partial charge in [-0.1, -0.05) is 0 Å². The molecule has 2 aromatic rings. The summed E-state index contributed by atoms with van der Waals surface area (Å²) in [4.78, 5) is 30.4. The molecule has 0 aliphatic carbocycles. The average molecular weight is 273 g/mol. The molecule has 0 fully saturated rings. The molecule has 102 valence electrons. The Morgan fingerprint density at radius 2 is 1.80 bits per heavy atom. The molecule has 0 radical (unpaired) electrons. The van der Waals surface area contributed by atoms with Gasteiger partial charge in [0.15, 0.2) is 11.5 Å². The zero-order valence-electron chi connectivity index (χ0n) is 10.5. The van der Waals surface area contributed by atoms with Crippen molar-refractivity contribution in [2.24, 2.45) is 0 Å². The van der Waals surface area contributed by atoms with Crippen molar-refractivity contribution in [3.05, 3.63) is 47.9 Å². The Labute approximate surface area is 114 Å². The number of rotatable bonds is 4. The van der Waals surface area contributed by atoms with Gasteiger partial charge in [-0.15, -0.1) is 0 Å². The van der Waals surface area contributed by atoms with Gasteiger partial charge >= 0.3 is 5.97 Å². The monoisotopic (exact) mass is 273 g/mol. The number of benzene rings is 1. The Kier molecular flexibility index (Phi) is 3.90. The molecule has 0 atom stereocenters. The SMILES string of the molecule is COc1ccc(C(=O)Nc2nccnc2C(=O)O)cc1.